The fraction of sp³-hybridized carbons (Fsp3) is 0.469. The van der Waals surface area contributed by atoms with Crippen molar-refractivity contribution in [2.45, 2.75) is 49.1 Å². The molecule has 2 N–H and O–H groups in total. The van der Waals surface area contributed by atoms with Crippen LogP contribution < -0.4 is 15.4 Å². The van der Waals surface area contributed by atoms with E-state index in [4.69, 9.17) is 9.47 Å². The molecule has 0 bridgehead atoms. The summed E-state index contributed by atoms with van der Waals surface area (Å²) >= 11 is 1.64. The fourth-order valence-corrected chi connectivity index (χ4v) is 8.21. The minimum atomic E-state index is -3.33. The molecule has 2 aliphatic heterocycles. The molecule has 3 fully saturated rings. The van der Waals surface area contributed by atoms with E-state index in [1.807, 2.05) is 0 Å². The van der Waals surface area contributed by atoms with E-state index >= 15 is 0 Å². The maximum atomic E-state index is 11.9. The summed E-state index contributed by atoms with van der Waals surface area (Å²) in [4.78, 5) is 3.76. The summed E-state index contributed by atoms with van der Waals surface area (Å²) < 4.78 is 35.7. The Morgan fingerprint density at radius 1 is 1.14 bits per heavy atom. The van der Waals surface area contributed by atoms with Gasteiger partial charge in [-0.05, 0) is 43.9 Å². The van der Waals surface area contributed by atoms with Crippen LogP contribution in [0.1, 0.15) is 36.1 Å². The van der Waals surface area contributed by atoms with Gasteiger partial charge in [-0.25, -0.2) is 8.42 Å². The maximum absolute atomic E-state index is 11.9. The number of nitriles is 1. The number of fused-ring (bicyclic) bond motifs is 1. The number of anilines is 2. The molecule has 2 aromatic carbocycles. The van der Waals surface area contributed by atoms with Crippen molar-refractivity contribution in [2.75, 3.05) is 56.8 Å². The summed E-state index contributed by atoms with van der Waals surface area (Å²) in [6.45, 7) is 4.63. The number of benzene rings is 2. The highest BCUT2D eigenvalue weighted by molar-refractivity contribution is 7.90. The van der Waals surface area contributed by atoms with Crippen LogP contribution in [0, 0.1) is 28.6 Å². The number of sulfone groups is 1. The minimum Gasteiger partial charge on any atom is -0.495 e. The van der Waals surface area contributed by atoms with E-state index in [1.165, 1.54) is 45.4 Å². The Kier molecular flexibility index (Phi) is 8.08. The average Bonchev–Trinajstić information content (AvgIpc) is 3.28. The lowest BCUT2D eigenvalue weighted by Crippen LogP contribution is -2.68. The fourth-order valence-electron chi connectivity index (χ4n) is 6.40. The van der Waals surface area contributed by atoms with Crippen molar-refractivity contribution in [1.29, 1.82) is 5.26 Å². The lowest BCUT2D eigenvalue weighted by atomic mass is 9.75. The van der Waals surface area contributed by atoms with Gasteiger partial charge in [-0.1, -0.05) is 24.0 Å². The molecule has 0 amide bonds. The number of methoxy groups -OCH3 is 1. The predicted octanol–water partition coefficient (Wildman–Crippen LogP) is 4.90. The average molecular weight is 605 g/mol. The topological polar surface area (TPSA) is 104 Å². The molecule has 220 valence electrons. The molecule has 2 saturated heterocycles. The van der Waals surface area contributed by atoms with Crippen molar-refractivity contribution in [3.63, 3.8) is 0 Å². The third-order valence-corrected chi connectivity index (χ3v) is 11.0. The molecule has 3 aromatic rings. The summed E-state index contributed by atoms with van der Waals surface area (Å²) in [5.41, 5.74) is 3.23. The van der Waals surface area contributed by atoms with Crippen LogP contribution in [0.25, 0.3) is 10.1 Å². The van der Waals surface area contributed by atoms with Gasteiger partial charge in [0.1, 0.15) is 5.75 Å². The highest BCUT2D eigenvalue weighted by Gasteiger charge is 2.50. The summed E-state index contributed by atoms with van der Waals surface area (Å²) in [6.07, 6.45) is 6.23. The van der Waals surface area contributed by atoms with Crippen LogP contribution in [0.3, 0.4) is 0 Å². The van der Waals surface area contributed by atoms with Gasteiger partial charge in [0.2, 0.25) is 0 Å². The van der Waals surface area contributed by atoms with E-state index in [-0.39, 0.29) is 4.90 Å². The van der Waals surface area contributed by atoms with Gasteiger partial charge in [0.25, 0.3) is 0 Å². The van der Waals surface area contributed by atoms with Crippen molar-refractivity contribution in [2.24, 2.45) is 5.41 Å². The number of likely N-dealkylation sites (tertiary alicyclic amines) is 1. The van der Waals surface area contributed by atoms with Gasteiger partial charge < -0.3 is 20.1 Å². The van der Waals surface area contributed by atoms with E-state index in [1.54, 1.807) is 23.5 Å². The number of hydrogen-bond donors (Lipinski definition) is 2. The van der Waals surface area contributed by atoms with Gasteiger partial charge in [0.15, 0.2) is 9.84 Å². The van der Waals surface area contributed by atoms with E-state index in [0.29, 0.717) is 41.9 Å². The number of rotatable bonds is 8. The second-order valence-corrected chi connectivity index (χ2v) is 14.8. The molecule has 0 radical (unpaired) electrons. The highest BCUT2D eigenvalue weighted by Crippen LogP contribution is 2.42. The zero-order valence-corrected chi connectivity index (χ0v) is 25.7. The Morgan fingerprint density at radius 3 is 2.60 bits per heavy atom. The van der Waals surface area contributed by atoms with Crippen molar-refractivity contribution in [3.05, 3.63) is 46.8 Å². The molecule has 1 saturated carbocycles. The van der Waals surface area contributed by atoms with E-state index in [2.05, 4.69) is 51.6 Å². The molecular formula is C32H36N4O4S2. The number of nitrogens with zero attached hydrogens (tertiary/aromatic N) is 2. The third-order valence-electron chi connectivity index (χ3n) is 8.71. The molecule has 6 rings (SSSR count). The zero-order chi connectivity index (χ0) is 29.3. The SMILES string of the molecule is COc1cc(S(C)(=O)=O)ccc1NCC#Cc1sc2c(NC3CCC(N4CC5(COC5)C4)CC3)cccc2c1CC#N. The molecule has 10 heteroatoms. The number of hydrogen-bond acceptors (Lipinski definition) is 9. The largest absolute Gasteiger partial charge is 0.495 e. The van der Waals surface area contributed by atoms with E-state index < -0.39 is 9.84 Å². The first kappa shape index (κ1) is 28.8. The van der Waals surface area contributed by atoms with Crippen molar-refractivity contribution in [1.82, 2.24) is 4.90 Å². The standard InChI is InChI=1S/C32H36N4O4S2/c1-39-29-17-24(42(2,37)38)12-13-27(29)34-16-4-7-30-25(14-15-33)26-5-3-6-28(31(26)41-30)35-22-8-10-23(11-9-22)36-18-32(19-36)20-40-21-32/h3,5-6,12-13,17,22-23,34-35H,8-11,14,16,18-21H2,1-2H3. The smallest absolute Gasteiger partial charge is 0.175 e. The molecule has 3 aliphatic rings. The highest BCUT2D eigenvalue weighted by atomic mass is 32.2. The predicted molar refractivity (Wildman–Crippen MR) is 167 cm³/mol. The maximum Gasteiger partial charge on any atom is 0.175 e. The van der Waals surface area contributed by atoms with Gasteiger partial charge in [0.05, 0.1) is 65.2 Å². The molecule has 1 aliphatic carbocycles. The monoisotopic (exact) mass is 604 g/mol. The summed E-state index contributed by atoms with van der Waals surface area (Å²) in [5, 5.41) is 17.7. The van der Waals surface area contributed by atoms with Gasteiger partial charge in [0, 0.05) is 53.9 Å². The van der Waals surface area contributed by atoms with Crippen LogP contribution in [-0.4, -0.2) is 71.6 Å². The Labute approximate surface area is 251 Å². The van der Waals surface area contributed by atoms with Crippen LogP contribution in [0.5, 0.6) is 5.75 Å². The van der Waals surface area contributed by atoms with Crippen LogP contribution in [0.2, 0.25) is 0 Å². The van der Waals surface area contributed by atoms with Crippen molar-refractivity contribution in [3.8, 4) is 23.7 Å². The summed E-state index contributed by atoms with van der Waals surface area (Å²) in [5.74, 6) is 6.91. The summed E-state index contributed by atoms with van der Waals surface area (Å²) in [7, 11) is -1.82. The number of ether oxygens (including phenoxy) is 2. The molecule has 42 heavy (non-hydrogen) atoms. The normalized spacial score (nSPS) is 21.5. The molecular weight excluding hydrogens is 569 g/mol. The number of thiophene rings is 1. The Balaban J connectivity index is 1.13. The Hall–Kier alpha value is -3.28. The lowest BCUT2D eigenvalue weighted by Gasteiger charge is -2.58. The molecule has 8 nitrogen and oxygen atoms in total. The zero-order valence-electron chi connectivity index (χ0n) is 24.0. The minimum absolute atomic E-state index is 0.202. The second kappa shape index (κ2) is 11.8. The first-order valence-electron chi connectivity index (χ1n) is 14.4. The van der Waals surface area contributed by atoms with Crippen molar-refractivity contribution < 1.29 is 17.9 Å². The van der Waals surface area contributed by atoms with Crippen LogP contribution >= 0.6 is 11.3 Å². The second-order valence-electron chi connectivity index (χ2n) is 11.8. The van der Waals surface area contributed by atoms with E-state index in [0.717, 1.165) is 52.3 Å². The van der Waals surface area contributed by atoms with E-state index in [9.17, 15) is 13.7 Å². The summed E-state index contributed by atoms with van der Waals surface area (Å²) in [6, 6.07) is 14.5. The number of nitrogens with one attached hydrogen (secondary N) is 2. The van der Waals surface area contributed by atoms with Gasteiger partial charge in [-0.2, -0.15) is 5.26 Å². The van der Waals surface area contributed by atoms with Gasteiger partial charge >= 0.3 is 0 Å². The molecule has 1 aromatic heterocycles. The van der Waals surface area contributed by atoms with Gasteiger partial charge in [-0.3, -0.25) is 4.90 Å². The molecule has 3 heterocycles. The molecule has 0 atom stereocenters. The van der Waals surface area contributed by atoms with Crippen LogP contribution in [-0.2, 0) is 21.0 Å². The quantitative estimate of drug-likeness (QED) is 0.350. The lowest BCUT2D eigenvalue weighted by molar-refractivity contribution is -0.200. The van der Waals surface area contributed by atoms with Crippen LogP contribution in [0.15, 0.2) is 41.3 Å². The van der Waals surface area contributed by atoms with Crippen LogP contribution in [0.4, 0.5) is 11.4 Å². The van der Waals surface area contributed by atoms with Crippen molar-refractivity contribution >= 4 is 42.6 Å². The molecule has 1 spiro atoms. The van der Waals surface area contributed by atoms with Gasteiger partial charge in [-0.15, -0.1) is 11.3 Å². The Bertz CT molecular complexity index is 1680. The third kappa shape index (κ3) is 5.82. The first-order chi connectivity index (χ1) is 20.3. The first-order valence-corrected chi connectivity index (χ1v) is 17.1. The Morgan fingerprint density at radius 2 is 1.93 bits per heavy atom. The molecule has 0 unspecified atom stereocenters.